The van der Waals surface area contributed by atoms with Crippen LogP contribution < -0.4 is 11.2 Å². The van der Waals surface area contributed by atoms with Crippen molar-refractivity contribution in [1.29, 1.82) is 0 Å². The van der Waals surface area contributed by atoms with Gasteiger partial charge in [0.05, 0.1) is 6.61 Å². The standard InChI is InChI=1S/C10H15N2O9P/c13-3-5-7(15)8(20-4-22(17,18)19)9(21-5)12-2-1-6(14)11-10(12)16/h1-2,5,7-9,13,15H,3-4H2,(H,11,14,16)(H2,17,18,19)/t5-,7-,8-,9-/m1/s1. The summed E-state index contributed by atoms with van der Waals surface area (Å²) in [7, 11) is -4.51. The van der Waals surface area contributed by atoms with Crippen LogP contribution in [-0.4, -0.2) is 60.8 Å². The molecule has 1 aliphatic rings. The van der Waals surface area contributed by atoms with E-state index in [0.29, 0.717) is 0 Å². The van der Waals surface area contributed by atoms with Crippen molar-refractivity contribution in [2.75, 3.05) is 13.0 Å². The first-order chi connectivity index (χ1) is 10.2. The van der Waals surface area contributed by atoms with E-state index in [0.717, 1.165) is 16.8 Å². The first kappa shape index (κ1) is 17.0. The quantitative estimate of drug-likeness (QED) is 0.358. The van der Waals surface area contributed by atoms with Crippen LogP contribution in [-0.2, 0) is 14.0 Å². The highest BCUT2D eigenvalue weighted by Gasteiger charge is 2.46. The van der Waals surface area contributed by atoms with Gasteiger partial charge in [-0.2, -0.15) is 0 Å². The molecule has 0 aliphatic carbocycles. The normalized spacial score (nSPS) is 28.9. The average molecular weight is 338 g/mol. The highest BCUT2D eigenvalue weighted by Crippen LogP contribution is 2.38. The van der Waals surface area contributed by atoms with Gasteiger partial charge in [0.15, 0.2) is 6.23 Å². The van der Waals surface area contributed by atoms with Crippen LogP contribution in [0.25, 0.3) is 0 Å². The van der Waals surface area contributed by atoms with Gasteiger partial charge in [-0.1, -0.05) is 0 Å². The summed E-state index contributed by atoms with van der Waals surface area (Å²) < 4.78 is 22.0. The Kier molecular flexibility index (Phi) is 4.97. The summed E-state index contributed by atoms with van der Waals surface area (Å²) in [6.07, 6.45) is -5.00. The number of ether oxygens (including phenoxy) is 2. The minimum Gasteiger partial charge on any atom is -0.394 e. The number of hydrogen-bond donors (Lipinski definition) is 5. The molecule has 1 aromatic heterocycles. The highest BCUT2D eigenvalue weighted by atomic mass is 31.2. The third-order valence-electron chi connectivity index (χ3n) is 3.05. The Bertz CT molecular complexity index is 679. The van der Waals surface area contributed by atoms with Gasteiger partial charge in [-0.3, -0.25) is 18.9 Å². The number of rotatable bonds is 5. The molecule has 1 saturated heterocycles. The van der Waals surface area contributed by atoms with Crippen molar-refractivity contribution in [3.63, 3.8) is 0 Å². The molecule has 2 rings (SSSR count). The molecule has 5 N–H and O–H groups in total. The first-order valence-corrected chi connectivity index (χ1v) is 7.95. The predicted octanol–water partition coefficient (Wildman–Crippen LogP) is -2.69. The summed E-state index contributed by atoms with van der Waals surface area (Å²) >= 11 is 0. The van der Waals surface area contributed by atoms with E-state index in [-0.39, 0.29) is 0 Å². The van der Waals surface area contributed by atoms with E-state index in [1.54, 1.807) is 0 Å². The fourth-order valence-electron chi connectivity index (χ4n) is 2.08. The van der Waals surface area contributed by atoms with Gasteiger partial charge in [0.25, 0.3) is 5.56 Å². The lowest BCUT2D eigenvalue weighted by Gasteiger charge is -2.22. The summed E-state index contributed by atoms with van der Waals surface area (Å²) in [5, 5.41) is 19.1. The molecule has 12 heteroatoms. The minimum atomic E-state index is -4.51. The molecule has 0 amide bonds. The van der Waals surface area contributed by atoms with Crippen LogP contribution in [0.1, 0.15) is 6.23 Å². The van der Waals surface area contributed by atoms with Crippen molar-refractivity contribution in [2.24, 2.45) is 0 Å². The Morgan fingerprint density at radius 2 is 2.09 bits per heavy atom. The van der Waals surface area contributed by atoms with Crippen molar-refractivity contribution in [2.45, 2.75) is 24.5 Å². The summed E-state index contributed by atoms with van der Waals surface area (Å²) in [6, 6.07) is 1.03. The molecule has 0 bridgehead atoms. The molecular formula is C10H15N2O9P. The lowest BCUT2D eigenvalue weighted by atomic mass is 10.1. The molecule has 0 saturated carbocycles. The van der Waals surface area contributed by atoms with Crippen molar-refractivity contribution in [3.05, 3.63) is 33.1 Å². The molecule has 22 heavy (non-hydrogen) atoms. The second-order valence-electron chi connectivity index (χ2n) is 4.68. The lowest BCUT2D eigenvalue weighted by molar-refractivity contribution is -0.0674. The topological polar surface area (TPSA) is 171 Å². The van der Waals surface area contributed by atoms with Gasteiger partial charge >= 0.3 is 13.3 Å². The van der Waals surface area contributed by atoms with Gasteiger partial charge in [0.2, 0.25) is 0 Å². The van der Waals surface area contributed by atoms with E-state index in [1.807, 2.05) is 4.98 Å². The monoisotopic (exact) mass is 338 g/mol. The molecule has 11 nitrogen and oxygen atoms in total. The van der Waals surface area contributed by atoms with E-state index < -0.39 is 56.3 Å². The SMILES string of the molecule is O=c1ccn([C@@H]2O[C@H](CO)[C@@H](O)[C@H]2OCP(=O)(O)O)c(=O)[nH]1. The van der Waals surface area contributed by atoms with Crippen LogP contribution in [0.4, 0.5) is 0 Å². The average Bonchev–Trinajstić information content (AvgIpc) is 2.72. The second kappa shape index (κ2) is 6.42. The third kappa shape index (κ3) is 3.70. The number of aliphatic hydroxyl groups is 2. The van der Waals surface area contributed by atoms with Gasteiger partial charge in [-0.25, -0.2) is 4.79 Å². The lowest BCUT2D eigenvalue weighted by Crippen LogP contribution is -2.39. The van der Waals surface area contributed by atoms with Crippen molar-refractivity contribution < 1.29 is 34.0 Å². The Labute approximate surface area is 122 Å². The van der Waals surface area contributed by atoms with Crippen LogP contribution in [0.5, 0.6) is 0 Å². The van der Waals surface area contributed by atoms with Crippen molar-refractivity contribution >= 4 is 7.60 Å². The maximum Gasteiger partial charge on any atom is 0.350 e. The van der Waals surface area contributed by atoms with Gasteiger partial charge in [-0.05, 0) is 0 Å². The molecule has 1 fully saturated rings. The Morgan fingerprint density at radius 3 is 2.64 bits per heavy atom. The van der Waals surface area contributed by atoms with Crippen LogP contribution >= 0.6 is 7.60 Å². The van der Waals surface area contributed by atoms with Gasteiger partial charge in [0.1, 0.15) is 24.7 Å². The van der Waals surface area contributed by atoms with E-state index in [9.17, 15) is 19.3 Å². The van der Waals surface area contributed by atoms with E-state index in [2.05, 4.69) is 0 Å². The zero-order valence-electron chi connectivity index (χ0n) is 11.1. The molecule has 0 unspecified atom stereocenters. The largest absolute Gasteiger partial charge is 0.394 e. The maximum atomic E-state index is 11.7. The first-order valence-electron chi connectivity index (χ1n) is 6.15. The van der Waals surface area contributed by atoms with Gasteiger partial charge < -0.3 is 29.5 Å². The molecule has 0 aromatic carbocycles. The van der Waals surface area contributed by atoms with Gasteiger partial charge in [-0.15, -0.1) is 0 Å². The maximum absolute atomic E-state index is 11.7. The Hall–Kier alpha value is -1.33. The zero-order valence-corrected chi connectivity index (χ0v) is 12.0. The fourth-order valence-corrected chi connectivity index (χ4v) is 2.45. The molecule has 0 radical (unpaired) electrons. The van der Waals surface area contributed by atoms with E-state index in [4.69, 9.17) is 24.4 Å². The van der Waals surface area contributed by atoms with Crippen LogP contribution in [0, 0.1) is 0 Å². The van der Waals surface area contributed by atoms with Gasteiger partial charge in [0, 0.05) is 12.3 Å². The Morgan fingerprint density at radius 1 is 1.41 bits per heavy atom. The van der Waals surface area contributed by atoms with Crippen LogP contribution in [0.15, 0.2) is 21.9 Å². The Balaban J connectivity index is 2.31. The van der Waals surface area contributed by atoms with Crippen LogP contribution in [0.3, 0.4) is 0 Å². The van der Waals surface area contributed by atoms with Crippen molar-refractivity contribution in [3.8, 4) is 0 Å². The number of H-pyrrole nitrogens is 1. The number of aliphatic hydroxyl groups excluding tert-OH is 2. The minimum absolute atomic E-state index is 0.592. The number of aromatic nitrogens is 2. The molecular weight excluding hydrogens is 323 g/mol. The zero-order chi connectivity index (χ0) is 16.5. The second-order valence-corrected chi connectivity index (χ2v) is 6.27. The third-order valence-corrected chi connectivity index (χ3v) is 3.54. The molecule has 124 valence electrons. The summed E-state index contributed by atoms with van der Waals surface area (Å²) in [5.41, 5.74) is -1.50. The van der Waals surface area contributed by atoms with E-state index in [1.165, 1.54) is 0 Å². The molecule has 1 aromatic rings. The summed E-state index contributed by atoms with van der Waals surface area (Å²) in [6.45, 7) is -0.592. The number of aromatic amines is 1. The number of hydrogen-bond acceptors (Lipinski definition) is 7. The number of nitrogens with zero attached hydrogens (tertiary/aromatic N) is 1. The highest BCUT2D eigenvalue weighted by molar-refractivity contribution is 7.51. The number of nitrogens with one attached hydrogen (secondary N) is 1. The summed E-state index contributed by atoms with van der Waals surface area (Å²) in [4.78, 5) is 42.4. The van der Waals surface area contributed by atoms with Crippen molar-refractivity contribution in [1.82, 2.24) is 9.55 Å². The predicted molar refractivity (Wildman–Crippen MR) is 70.1 cm³/mol. The molecule has 0 spiro atoms. The molecule has 1 aliphatic heterocycles. The fraction of sp³-hybridized carbons (Fsp3) is 0.600. The molecule has 4 atom stereocenters. The summed E-state index contributed by atoms with van der Waals surface area (Å²) in [5.74, 6) is 0. The van der Waals surface area contributed by atoms with Crippen LogP contribution in [0.2, 0.25) is 0 Å². The smallest absolute Gasteiger partial charge is 0.350 e. The molecule has 2 heterocycles. The van der Waals surface area contributed by atoms with E-state index >= 15 is 0 Å².